The number of aromatic amines is 1. The van der Waals surface area contributed by atoms with Crippen LogP contribution in [0, 0.1) is 0 Å². The van der Waals surface area contributed by atoms with Crippen molar-refractivity contribution in [2.45, 2.75) is 21.6 Å². The molecule has 7 heteroatoms. The van der Waals surface area contributed by atoms with Gasteiger partial charge in [0.15, 0.2) is 5.78 Å². The van der Waals surface area contributed by atoms with Gasteiger partial charge in [0.2, 0.25) is 0 Å². The minimum Gasteiger partial charge on any atom is -0.366 e. The Balaban J connectivity index is 1.91. The largest absolute Gasteiger partial charge is 0.366 e. The number of nitrogens with one attached hydrogen (secondary N) is 1. The molecule has 2 aromatic heterocycles. The van der Waals surface area contributed by atoms with Gasteiger partial charge in [-0.2, -0.15) is 0 Å². The third kappa shape index (κ3) is 3.69. The highest BCUT2D eigenvalue weighted by atomic mass is 32.2. The van der Waals surface area contributed by atoms with E-state index in [2.05, 4.69) is 4.98 Å². The van der Waals surface area contributed by atoms with Crippen LogP contribution in [0.15, 0.2) is 112 Å². The normalized spacial score (nSPS) is 11.7. The number of carbonyl (C=O) groups excluding carboxylic acids is 1. The lowest BCUT2D eigenvalue weighted by atomic mass is 10.1. The number of hydrogen-bond donors (Lipinski definition) is 1. The predicted octanol–water partition coefficient (Wildman–Crippen LogP) is 6.23. The summed E-state index contributed by atoms with van der Waals surface area (Å²) in [4.78, 5) is 17.4. The van der Waals surface area contributed by atoms with Gasteiger partial charge >= 0.3 is 0 Å². The van der Waals surface area contributed by atoms with E-state index in [1.807, 2.05) is 48.5 Å². The van der Waals surface area contributed by atoms with Crippen LogP contribution in [0.4, 0.5) is 0 Å². The van der Waals surface area contributed by atoms with Crippen molar-refractivity contribution in [3.63, 3.8) is 0 Å². The molecule has 0 bridgehead atoms. The molecule has 2 heterocycles. The van der Waals surface area contributed by atoms with Crippen molar-refractivity contribution < 1.29 is 13.2 Å². The molecule has 0 atom stereocenters. The van der Waals surface area contributed by atoms with Crippen LogP contribution in [0.3, 0.4) is 0 Å². The van der Waals surface area contributed by atoms with E-state index in [1.165, 1.54) is 22.7 Å². The van der Waals surface area contributed by atoms with Crippen molar-refractivity contribution in [2.75, 3.05) is 0 Å². The number of Topliss-reactive ketones (excluding diaryl/α,β-unsaturated/α-hetero) is 1. The Kier molecular flexibility index (Phi) is 5.44. The van der Waals surface area contributed by atoms with Gasteiger partial charge in [0.1, 0.15) is 0 Å². The first-order valence-electron chi connectivity index (χ1n) is 10.3. The molecule has 0 saturated heterocycles. The van der Waals surface area contributed by atoms with Crippen LogP contribution in [0.1, 0.15) is 17.3 Å². The summed E-state index contributed by atoms with van der Waals surface area (Å²) in [5.74, 6) is -0.143. The molecule has 0 spiro atoms. The molecular weight excluding hydrogens is 452 g/mol. The quantitative estimate of drug-likeness (QED) is 0.298. The Labute approximate surface area is 196 Å². The lowest BCUT2D eigenvalue weighted by molar-refractivity contribution is 0.101. The number of fused-ring (bicyclic) bond motifs is 1. The second-order valence-electron chi connectivity index (χ2n) is 7.53. The SMILES string of the molecule is CC(=O)c1c[nH]cc1-c1c(Sc2ccccc2)c2ccccc2n1S(=O)(=O)c1ccccc1. The average molecular weight is 473 g/mol. The highest BCUT2D eigenvalue weighted by Crippen LogP contribution is 2.45. The summed E-state index contributed by atoms with van der Waals surface area (Å²) in [5.41, 5.74) is 2.03. The van der Waals surface area contributed by atoms with Gasteiger partial charge in [0, 0.05) is 38.7 Å². The minimum absolute atomic E-state index is 0.143. The summed E-state index contributed by atoms with van der Waals surface area (Å²) in [6.07, 6.45) is 3.31. The Morgan fingerprint density at radius 2 is 1.48 bits per heavy atom. The predicted molar refractivity (Wildman–Crippen MR) is 131 cm³/mol. The fourth-order valence-corrected chi connectivity index (χ4v) is 6.65. The number of benzene rings is 3. The maximum Gasteiger partial charge on any atom is 0.268 e. The highest BCUT2D eigenvalue weighted by Gasteiger charge is 2.30. The van der Waals surface area contributed by atoms with Crippen LogP contribution >= 0.6 is 11.8 Å². The summed E-state index contributed by atoms with van der Waals surface area (Å²) in [6.45, 7) is 1.48. The van der Waals surface area contributed by atoms with Crippen LogP contribution in [0.2, 0.25) is 0 Å². The third-order valence-corrected chi connectivity index (χ3v) is 8.26. The van der Waals surface area contributed by atoms with Crippen molar-refractivity contribution in [3.8, 4) is 11.3 Å². The minimum atomic E-state index is -3.96. The molecular formula is C26H20N2O3S2. The van der Waals surface area contributed by atoms with Crippen LogP contribution in [0.25, 0.3) is 22.2 Å². The van der Waals surface area contributed by atoms with Gasteiger partial charge in [-0.3, -0.25) is 4.79 Å². The fraction of sp³-hybridized carbons (Fsp3) is 0.0385. The molecule has 0 aliphatic carbocycles. The van der Waals surface area contributed by atoms with E-state index in [4.69, 9.17) is 0 Å². The van der Waals surface area contributed by atoms with Gasteiger partial charge in [-0.15, -0.1) is 0 Å². The number of carbonyl (C=O) groups is 1. The number of para-hydroxylation sites is 1. The van der Waals surface area contributed by atoms with Crippen molar-refractivity contribution in [2.24, 2.45) is 0 Å². The van der Waals surface area contributed by atoms with Crippen molar-refractivity contribution in [1.29, 1.82) is 0 Å². The smallest absolute Gasteiger partial charge is 0.268 e. The van der Waals surface area contributed by atoms with Crippen molar-refractivity contribution >= 4 is 38.5 Å². The molecule has 3 aromatic carbocycles. The summed E-state index contributed by atoms with van der Waals surface area (Å²) in [5, 5.41) is 0.802. The Hall–Kier alpha value is -3.55. The zero-order valence-corrected chi connectivity index (χ0v) is 19.4. The molecule has 0 amide bonds. The van der Waals surface area contributed by atoms with Crippen LogP contribution in [-0.4, -0.2) is 23.2 Å². The van der Waals surface area contributed by atoms with Gasteiger partial charge in [0.05, 0.1) is 16.1 Å². The van der Waals surface area contributed by atoms with E-state index >= 15 is 0 Å². The number of aromatic nitrogens is 2. The Bertz CT molecular complexity index is 1570. The fourth-order valence-electron chi connectivity index (χ4n) is 3.92. The lowest BCUT2D eigenvalue weighted by Gasteiger charge is -2.13. The molecule has 164 valence electrons. The maximum atomic E-state index is 14.0. The van der Waals surface area contributed by atoms with Crippen LogP contribution in [-0.2, 0) is 10.0 Å². The Morgan fingerprint density at radius 1 is 0.848 bits per heavy atom. The molecule has 0 aliphatic rings. The second-order valence-corrected chi connectivity index (χ2v) is 10.4. The molecule has 0 aliphatic heterocycles. The van der Waals surface area contributed by atoms with E-state index in [0.29, 0.717) is 22.3 Å². The topological polar surface area (TPSA) is 71.9 Å². The standard InChI is InChI=1S/C26H20N2O3S2/c1-18(29)22-16-27-17-23(22)25-26(32-19-10-4-2-5-11-19)21-14-8-9-15-24(21)28(25)33(30,31)20-12-6-3-7-13-20/h2-17,27H,1H3. The second kappa shape index (κ2) is 8.42. The lowest BCUT2D eigenvalue weighted by Crippen LogP contribution is -2.14. The first kappa shape index (κ1) is 21.3. The van der Waals surface area contributed by atoms with E-state index < -0.39 is 10.0 Å². The molecule has 0 radical (unpaired) electrons. The van der Waals surface area contributed by atoms with Gasteiger partial charge < -0.3 is 4.98 Å². The summed E-state index contributed by atoms with van der Waals surface area (Å²) in [6, 6.07) is 25.6. The summed E-state index contributed by atoms with van der Waals surface area (Å²) < 4.78 is 29.3. The number of nitrogens with zero attached hydrogens (tertiary/aromatic N) is 1. The van der Waals surface area contributed by atoms with Gasteiger partial charge in [-0.1, -0.05) is 66.4 Å². The molecule has 0 fully saturated rings. The van der Waals surface area contributed by atoms with Gasteiger partial charge in [0.25, 0.3) is 10.0 Å². The van der Waals surface area contributed by atoms with Crippen molar-refractivity contribution in [1.82, 2.24) is 8.96 Å². The summed E-state index contributed by atoms with van der Waals surface area (Å²) in [7, 11) is -3.96. The summed E-state index contributed by atoms with van der Waals surface area (Å²) >= 11 is 1.48. The van der Waals surface area contributed by atoms with Gasteiger partial charge in [-0.25, -0.2) is 12.4 Å². The molecule has 33 heavy (non-hydrogen) atoms. The average Bonchev–Trinajstić information content (AvgIpc) is 3.44. The third-order valence-electron chi connectivity index (χ3n) is 5.41. The monoisotopic (exact) mass is 472 g/mol. The van der Waals surface area contributed by atoms with E-state index in [-0.39, 0.29) is 10.7 Å². The molecule has 5 aromatic rings. The van der Waals surface area contributed by atoms with E-state index in [9.17, 15) is 13.2 Å². The molecule has 0 unspecified atom stereocenters. The molecule has 5 rings (SSSR count). The van der Waals surface area contributed by atoms with Gasteiger partial charge in [-0.05, 0) is 37.3 Å². The number of rotatable bonds is 6. The van der Waals surface area contributed by atoms with E-state index in [1.54, 1.807) is 48.8 Å². The zero-order chi connectivity index (χ0) is 23.0. The van der Waals surface area contributed by atoms with Crippen LogP contribution in [0.5, 0.6) is 0 Å². The number of H-pyrrole nitrogens is 1. The first-order chi connectivity index (χ1) is 16.0. The van der Waals surface area contributed by atoms with Crippen LogP contribution < -0.4 is 0 Å². The molecule has 0 saturated carbocycles. The molecule has 5 nitrogen and oxygen atoms in total. The highest BCUT2D eigenvalue weighted by molar-refractivity contribution is 7.99. The maximum absolute atomic E-state index is 14.0. The van der Waals surface area contributed by atoms with Crippen molar-refractivity contribution in [3.05, 3.63) is 103 Å². The van der Waals surface area contributed by atoms with E-state index in [0.717, 1.165) is 15.2 Å². The molecule has 1 N–H and O–H groups in total. The zero-order valence-electron chi connectivity index (χ0n) is 17.7. The Morgan fingerprint density at radius 3 is 2.18 bits per heavy atom. The number of ketones is 1. The number of hydrogen-bond acceptors (Lipinski definition) is 4. The first-order valence-corrected chi connectivity index (χ1v) is 12.6.